The second kappa shape index (κ2) is 6.30. The molecule has 1 aromatic carbocycles. The van der Waals surface area contributed by atoms with Crippen LogP contribution >= 0.6 is 0 Å². The number of rotatable bonds is 5. The smallest absolute Gasteiger partial charge is 0.233 e. The molecule has 0 N–H and O–H groups in total. The van der Waals surface area contributed by atoms with E-state index in [0.717, 1.165) is 5.56 Å². The van der Waals surface area contributed by atoms with E-state index in [0.29, 0.717) is 43.6 Å². The molecule has 1 aliphatic rings. The van der Waals surface area contributed by atoms with Crippen molar-refractivity contribution in [3.63, 3.8) is 0 Å². The lowest BCUT2D eigenvalue weighted by molar-refractivity contribution is -0.136. The van der Waals surface area contributed by atoms with E-state index in [1.165, 1.54) is 0 Å². The van der Waals surface area contributed by atoms with Gasteiger partial charge in [-0.25, -0.2) is 0 Å². The number of amides is 1. The van der Waals surface area contributed by atoms with E-state index in [2.05, 4.69) is 24.0 Å². The molecule has 0 aliphatic carbocycles. The van der Waals surface area contributed by atoms with Gasteiger partial charge in [-0.3, -0.25) is 4.79 Å². The Kier molecular flexibility index (Phi) is 4.22. The molecule has 116 valence electrons. The van der Waals surface area contributed by atoms with Crippen molar-refractivity contribution < 1.29 is 9.32 Å². The molecule has 22 heavy (non-hydrogen) atoms. The summed E-state index contributed by atoms with van der Waals surface area (Å²) in [4.78, 5) is 18.3. The van der Waals surface area contributed by atoms with E-state index in [9.17, 15) is 4.79 Å². The Hall–Kier alpha value is -2.17. The minimum absolute atomic E-state index is 0.188. The highest BCUT2D eigenvalue weighted by molar-refractivity contribution is 5.77. The Bertz CT molecular complexity index is 630. The Labute approximate surface area is 130 Å². The maximum Gasteiger partial charge on any atom is 0.233 e. The summed E-state index contributed by atoms with van der Waals surface area (Å²) >= 11 is 0. The molecular weight excluding hydrogens is 278 g/mol. The molecule has 5 heteroatoms. The Morgan fingerprint density at radius 2 is 2.05 bits per heavy atom. The van der Waals surface area contributed by atoms with Gasteiger partial charge in [0.2, 0.25) is 11.8 Å². The highest BCUT2D eigenvalue weighted by atomic mass is 16.5. The molecular formula is C17H21N3O2. The van der Waals surface area contributed by atoms with Crippen molar-refractivity contribution in [2.24, 2.45) is 5.92 Å². The Morgan fingerprint density at radius 3 is 2.73 bits per heavy atom. The fraction of sp³-hybridized carbons (Fsp3) is 0.471. The zero-order valence-corrected chi connectivity index (χ0v) is 13.0. The second-order valence-corrected chi connectivity index (χ2v) is 6.30. The lowest BCUT2D eigenvalue weighted by atomic mass is 9.98. The number of benzene rings is 1. The molecule has 1 fully saturated rings. The maximum atomic E-state index is 11.9. The van der Waals surface area contributed by atoms with E-state index < -0.39 is 0 Å². The molecule has 0 spiro atoms. The van der Waals surface area contributed by atoms with Crippen molar-refractivity contribution in [2.75, 3.05) is 13.1 Å². The number of aromatic nitrogens is 2. The number of hydrogen-bond donors (Lipinski definition) is 0. The zero-order chi connectivity index (χ0) is 15.5. The third kappa shape index (κ3) is 3.35. The van der Waals surface area contributed by atoms with Crippen LogP contribution in [0.3, 0.4) is 0 Å². The van der Waals surface area contributed by atoms with Crippen LogP contribution in [0.25, 0.3) is 0 Å². The summed E-state index contributed by atoms with van der Waals surface area (Å²) < 4.78 is 5.35. The first-order valence-electron chi connectivity index (χ1n) is 7.76. The van der Waals surface area contributed by atoms with Crippen molar-refractivity contribution >= 4 is 5.91 Å². The van der Waals surface area contributed by atoms with Crippen LogP contribution in [0.2, 0.25) is 0 Å². The third-order valence-corrected chi connectivity index (χ3v) is 3.86. The van der Waals surface area contributed by atoms with Crippen LogP contribution in [0.5, 0.6) is 0 Å². The zero-order valence-electron chi connectivity index (χ0n) is 13.0. The Balaban J connectivity index is 1.54. The van der Waals surface area contributed by atoms with E-state index in [1.807, 2.05) is 35.2 Å². The molecule has 0 saturated carbocycles. The van der Waals surface area contributed by atoms with Crippen LogP contribution < -0.4 is 0 Å². The van der Waals surface area contributed by atoms with Gasteiger partial charge in [-0.2, -0.15) is 4.98 Å². The minimum Gasteiger partial charge on any atom is -0.341 e. The third-order valence-electron chi connectivity index (χ3n) is 3.86. The van der Waals surface area contributed by atoms with E-state index in [1.54, 1.807) is 0 Å². The summed E-state index contributed by atoms with van der Waals surface area (Å²) in [7, 11) is 0. The first-order chi connectivity index (χ1) is 10.6. The summed E-state index contributed by atoms with van der Waals surface area (Å²) in [5, 5.41) is 4.04. The maximum absolute atomic E-state index is 11.9. The van der Waals surface area contributed by atoms with Gasteiger partial charge >= 0.3 is 0 Å². The highest BCUT2D eigenvalue weighted by Gasteiger charge is 2.35. The topological polar surface area (TPSA) is 59.2 Å². The average Bonchev–Trinajstić information content (AvgIpc) is 2.85. The minimum atomic E-state index is 0.188. The first kappa shape index (κ1) is 14.8. The second-order valence-electron chi connectivity index (χ2n) is 6.30. The summed E-state index contributed by atoms with van der Waals surface area (Å²) in [5.41, 5.74) is 1.16. The van der Waals surface area contributed by atoms with Gasteiger partial charge < -0.3 is 9.42 Å². The van der Waals surface area contributed by atoms with Crippen LogP contribution in [-0.2, 0) is 11.2 Å². The largest absolute Gasteiger partial charge is 0.341 e. The summed E-state index contributed by atoms with van der Waals surface area (Å²) in [5.74, 6) is 2.16. The van der Waals surface area contributed by atoms with E-state index in [-0.39, 0.29) is 11.8 Å². The van der Waals surface area contributed by atoms with Crippen LogP contribution in [0.1, 0.15) is 43.5 Å². The SMILES string of the molecule is CC(C)CC(=O)N1CC(c2nc(Cc3ccccc3)no2)C1. The fourth-order valence-electron chi connectivity index (χ4n) is 2.60. The number of carbonyl (C=O) groups excluding carboxylic acids is 1. The predicted octanol–water partition coefficient (Wildman–Crippen LogP) is 2.63. The number of nitrogens with zero attached hydrogens (tertiary/aromatic N) is 3. The molecule has 1 aromatic heterocycles. The van der Waals surface area contributed by atoms with Gasteiger partial charge in [-0.15, -0.1) is 0 Å². The van der Waals surface area contributed by atoms with Crippen molar-refractivity contribution in [1.82, 2.24) is 15.0 Å². The van der Waals surface area contributed by atoms with Crippen LogP contribution in [0, 0.1) is 5.92 Å². The van der Waals surface area contributed by atoms with Gasteiger partial charge in [0, 0.05) is 25.9 Å². The Morgan fingerprint density at radius 1 is 1.32 bits per heavy atom. The van der Waals surface area contributed by atoms with Crippen molar-refractivity contribution in [3.05, 3.63) is 47.6 Å². The first-order valence-corrected chi connectivity index (χ1v) is 7.76. The molecule has 3 rings (SSSR count). The number of likely N-dealkylation sites (tertiary alicyclic amines) is 1. The van der Waals surface area contributed by atoms with Crippen LogP contribution in [-0.4, -0.2) is 34.0 Å². The van der Waals surface area contributed by atoms with E-state index >= 15 is 0 Å². The van der Waals surface area contributed by atoms with E-state index in [4.69, 9.17) is 4.52 Å². The molecule has 0 atom stereocenters. The summed E-state index contributed by atoms with van der Waals surface area (Å²) in [6, 6.07) is 10.1. The molecule has 1 saturated heterocycles. The molecule has 1 aliphatic heterocycles. The molecule has 0 unspecified atom stereocenters. The van der Waals surface area contributed by atoms with Gasteiger partial charge in [-0.1, -0.05) is 49.3 Å². The van der Waals surface area contributed by atoms with Gasteiger partial charge in [-0.05, 0) is 11.5 Å². The normalized spacial score (nSPS) is 15.1. The molecule has 0 radical (unpaired) electrons. The van der Waals surface area contributed by atoms with Gasteiger partial charge in [0.15, 0.2) is 5.82 Å². The lowest BCUT2D eigenvalue weighted by Crippen LogP contribution is -2.48. The van der Waals surface area contributed by atoms with Crippen molar-refractivity contribution in [2.45, 2.75) is 32.6 Å². The standard InChI is InChI=1S/C17H21N3O2/c1-12(2)8-16(21)20-10-14(11-20)17-18-15(19-22-17)9-13-6-4-3-5-7-13/h3-7,12,14H,8-11H2,1-2H3. The number of hydrogen-bond acceptors (Lipinski definition) is 4. The van der Waals surface area contributed by atoms with Gasteiger partial charge in [0.25, 0.3) is 0 Å². The molecule has 5 nitrogen and oxygen atoms in total. The predicted molar refractivity (Wildman–Crippen MR) is 82.3 cm³/mol. The highest BCUT2D eigenvalue weighted by Crippen LogP contribution is 2.27. The van der Waals surface area contributed by atoms with Crippen LogP contribution in [0.15, 0.2) is 34.9 Å². The lowest BCUT2D eigenvalue weighted by Gasteiger charge is -2.37. The summed E-state index contributed by atoms with van der Waals surface area (Å²) in [6.45, 7) is 5.50. The van der Waals surface area contributed by atoms with Crippen molar-refractivity contribution in [3.8, 4) is 0 Å². The van der Waals surface area contributed by atoms with Gasteiger partial charge in [0.05, 0.1) is 5.92 Å². The van der Waals surface area contributed by atoms with Gasteiger partial charge in [0.1, 0.15) is 0 Å². The monoisotopic (exact) mass is 299 g/mol. The molecule has 0 bridgehead atoms. The van der Waals surface area contributed by atoms with Crippen LogP contribution in [0.4, 0.5) is 0 Å². The average molecular weight is 299 g/mol. The molecule has 2 aromatic rings. The molecule has 1 amide bonds. The fourth-order valence-corrected chi connectivity index (χ4v) is 2.60. The number of carbonyl (C=O) groups is 1. The summed E-state index contributed by atoms with van der Waals surface area (Å²) in [6.07, 6.45) is 1.28. The van der Waals surface area contributed by atoms with Crippen molar-refractivity contribution in [1.29, 1.82) is 0 Å². The quantitative estimate of drug-likeness (QED) is 0.851. The molecule has 2 heterocycles.